The number of nitrogens with zero attached hydrogens (tertiary/aromatic N) is 2. The highest BCUT2D eigenvalue weighted by Crippen LogP contribution is 2.12. The van der Waals surface area contributed by atoms with Gasteiger partial charge in [-0.2, -0.15) is 5.26 Å². The Morgan fingerprint density at radius 1 is 1.29 bits per heavy atom. The van der Waals surface area contributed by atoms with Gasteiger partial charge >= 0.3 is 0 Å². The van der Waals surface area contributed by atoms with Gasteiger partial charge in [0.25, 0.3) is 0 Å². The van der Waals surface area contributed by atoms with Gasteiger partial charge in [0.05, 0.1) is 6.07 Å². The number of carbonyl (C=O) groups excluding carboxylic acids is 1. The van der Waals surface area contributed by atoms with Gasteiger partial charge in [-0.1, -0.05) is 30.3 Å². The molecule has 3 heteroatoms. The van der Waals surface area contributed by atoms with Gasteiger partial charge in [-0.25, -0.2) is 0 Å². The lowest BCUT2D eigenvalue weighted by atomic mass is 10.1. The SMILES string of the molecule is CC(C#N)C(=O)N(Cc1ccccc1)C(C)C. The van der Waals surface area contributed by atoms with Crippen molar-refractivity contribution < 1.29 is 4.79 Å². The van der Waals surface area contributed by atoms with Crippen molar-refractivity contribution in [3.8, 4) is 6.07 Å². The highest BCUT2D eigenvalue weighted by molar-refractivity contribution is 5.81. The lowest BCUT2D eigenvalue weighted by Gasteiger charge is -2.27. The summed E-state index contributed by atoms with van der Waals surface area (Å²) in [6, 6.07) is 11.9. The second-order valence-electron chi connectivity index (χ2n) is 4.40. The Balaban J connectivity index is 2.82. The molecule has 0 heterocycles. The van der Waals surface area contributed by atoms with Crippen LogP contribution in [0.25, 0.3) is 0 Å². The van der Waals surface area contributed by atoms with Crippen molar-refractivity contribution >= 4 is 5.91 Å². The fourth-order valence-corrected chi connectivity index (χ4v) is 1.60. The molecular formula is C14H18N2O. The molecule has 1 unspecified atom stereocenters. The Bertz CT molecular complexity index is 406. The van der Waals surface area contributed by atoms with E-state index >= 15 is 0 Å². The number of hydrogen-bond donors (Lipinski definition) is 0. The van der Waals surface area contributed by atoms with E-state index in [1.165, 1.54) is 0 Å². The summed E-state index contributed by atoms with van der Waals surface area (Å²) in [5.41, 5.74) is 1.08. The van der Waals surface area contributed by atoms with Crippen molar-refractivity contribution in [3.05, 3.63) is 35.9 Å². The number of carbonyl (C=O) groups is 1. The minimum atomic E-state index is -0.582. The lowest BCUT2D eigenvalue weighted by Crippen LogP contribution is -2.39. The van der Waals surface area contributed by atoms with Crippen molar-refractivity contribution in [1.29, 1.82) is 5.26 Å². The molecule has 1 atom stereocenters. The van der Waals surface area contributed by atoms with Crippen LogP contribution in [-0.4, -0.2) is 16.8 Å². The third-order valence-electron chi connectivity index (χ3n) is 2.67. The van der Waals surface area contributed by atoms with Gasteiger partial charge < -0.3 is 4.90 Å². The van der Waals surface area contributed by atoms with Gasteiger partial charge in [0.1, 0.15) is 5.92 Å². The first-order valence-corrected chi connectivity index (χ1v) is 5.80. The van der Waals surface area contributed by atoms with E-state index in [4.69, 9.17) is 5.26 Å². The molecule has 0 aliphatic heterocycles. The van der Waals surface area contributed by atoms with Gasteiger partial charge in [0.15, 0.2) is 0 Å². The van der Waals surface area contributed by atoms with Crippen LogP contribution in [0.3, 0.4) is 0 Å². The summed E-state index contributed by atoms with van der Waals surface area (Å²) < 4.78 is 0. The van der Waals surface area contributed by atoms with E-state index < -0.39 is 5.92 Å². The zero-order valence-electron chi connectivity index (χ0n) is 10.6. The molecule has 0 aliphatic carbocycles. The van der Waals surface area contributed by atoms with Crippen LogP contribution in [0.5, 0.6) is 0 Å². The van der Waals surface area contributed by atoms with Crippen LogP contribution >= 0.6 is 0 Å². The van der Waals surface area contributed by atoms with E-state index in [1.54, 1.807) is 11.8 Å². The van der Waals surface area contributed by atoms with Crippen LogP contribution in [0, 0.1) is 17.2 Å². The first kappa shape index (κ1) is 13.2. The Hall–Kier alpha value is -1.82. The van der Waals surface area contributed by atoms with Crippen molar-refractivity contribution in [1.82, 2.24) is 4.90 Å². The number of rotatable bonds is 4. The fourth-order valence-electron chi connectivity index (χ4n) is 1.60. The quantitative estimate of drug-likeness (QED) is 0.798. The second-order valence-corrected chi connectivity index (χ2v) is 4.40. The molecule has 90 valence electrons. The van der Waals surface area contributed by atoms with Gasteiger partial charge in [0.2, 0.25) is 5.91 Å². The Labute approximate surface area is 103 Å². The van der Waals surface area contributed by atoms with Crippen LogP contribution in [0.2, 0.25) is 0 Å². The Morgan fingerprint density at radius 2 is 1.88 bits per heavy atom. The molecule has 0 bridgehead atoms. The molecular weight excluding hydrogens is 212 g/mol. The van der Waals surface area contributed by atoms with E-state index in [1.807, 2.05) is 50.2 Å². The normalized spacial score (nSPS) is 11.9. The number of benzene rings is 1. The van der Waals surface area contributed by atoms with Crippen LogP contribution in [0.15, 0.2) is 30.3 Å². The van der Waals surface area contributed by atoms with E-state index in [2.05, 4.69) is 0 Å². The van der Waals surface area contributed by atoms with Crippen molar-refractivity contribution in [2.24, 2.45) is 5.92 Å². The average Bonchev–Trinajstić information content (AvgIpc) is 2.35. The Morgan fingerprint density at radius 3 is 2.35 bits per heavy atom. The van der Waals surface area contributed by atoms with Crippen molar-refractivity contribution in [2.75, 3.05) is 0 Å². The molecule has 1 aromatic rings. The van der Waals surface area contributed by atoms with Gasteiger partial charge in [0, 0.05) is 12.6 Å². The van der Waals surface area contributed by atoms with E-state index in [-0.39, 0.29) is 11.9 Å². The molecule has 0 saturated heterocycles. The largest absolute Gasteiger partial charge is 0.335 e. The van der Waals surface area contributed by atoms with Crippen LogP contribution in [-0.2, 0) is 11.3 Å². The summed E-state index contributed by atoms with van der Waals surface area (Å²) in [7, 11) is 0. The summed E-state index contributed by atoms with van der Waals surface area (Å²) in [5.74, 6) is -0.688. The van der Waals surface area contributed by atoms with Gasteiger partial charge in [-0.05, 0) is 26.3 Å². The van der Waals surface area contributed by atoms with Gasteiger partial charge in [-0.3, -0.25) is 4.79 Å². The van der Waals surface area contributed by atoms with E-state index in [0.29, 0.717) is 6.54 Å². The summed E-state index contributed by atoms with van der Waals surface area (Å²) in [6.07, 6.45) is 0. The second kappa shape index (κ2) is 6.05. The topological polar surface area (TPSA) is 44.1 Å². The third kappa shape index (κ3) is 3.60. The van der Waals surface area contributed by atoms with Crippen LogP contribution < -0.4 is 0 Å². The summed E-state index contributed by atoms with van der Waals surface area (Å²) >= 11 is 0. The maximum atomic E-state index is 12.0. The third-order valence-corrected chi connectivity index (χ3v) is 2.67. The smallest absolute Gasteiger partial charge is 0.240 e. The maximum absolute atomic E-state index is 12.0. The molecule has 17 heavy (non-hydrogen) atoms. The standard InChI is InChI=1S/C14H18N2O/c1-11(2)16(14(17)12(3)9-15)10-13-7-5-4-6-8-13/h4-8,11-12H,10H2,1-3H3. The van der Waals surface area contributed by atoms with Crippen molar-refractivity contribution in [2.45, 2.75) is 33.4 Å². The Kier molecular flexibility index (Phi) is 4.71. The predicted molar refractivity (Wildman–Crippen MR) is 66.9 cm³/mol. The molecule has 1 aromatic carbocycles. The lowest BCUT2D eigenvalue weighted by molar-refractivity contribution is -0.135. The van der Waals surface area contributed by atoms with Crippen molar-refractivity contribution in [3.63, 3.8) is 0 Å². The highest BCUT2D eigenvalue weighted by atomic mass is 16.2. The highest BCUT2D eigenvalue weighted by Gasteiger charge is 2.22. The number of amides is 1. The molecule has 0 fully saturated rings. The summed E-state index contributed by atoms with van der Waals surface area (Å²) in [5, 5.41) is 8.80. The molecule has 0 saturated carbocycles. The zero-order valence-corrected chi connectivity index (χ0v) is 10.6. The average molecular weight is 230 g/mol. The molecule has 0 aliphatic rings. The van der Waals surface area contributed by atoms with E-state index in [0.717, 1.165) is 5.56 Å². The van der Waals surface area contributed by atoms with Crippen LogP contribution in [0.4, 0.5) is 0 Å². The number of hydrogen-bond acceptors (Lipinski definition) is 2. The van der Waals surface area contributed by atoms with Gasteiger partial charge in [-0.15, -0.1) is 0 Å². The molecule has 3 nitrogen and oxygen atoms in total. The molecule has 1 amide bonds. The maximum Gasteiger partial charge on any atom is 0.240 e. The summed E-state index contributed by atoms with van der Waals surface area (Å²) in [6.45, 7) is 6.13. The van der Waals surface area contributed by atoms with E-state index in [9.17, 15) is 4.79 Å². The first-order chi connectivity index (χ1) is 8.06. The number of nitriles is 1. The first-order valence-electron chi connectivity index (χ1n) is 5.80. The zero-order chi connectivity index (χ0) is 12.8. The molecule has 1 rings (SSSR count). The molecule has 0 N–H and O–H groups in total. The predicted octanol–water partition coefficient (Wildman–Crippen LogP) is 2.58. The minimum Gasteiger partial charge on any atom is -0.335 e. The molecule has 0 radical (unpaired) electrons. The monoisotopic (exact) mass is 230 g/mol. The molecule has 0 aromatic heterocycles. The molecule has 0 spiro atoms. The summed E-state index contributed by atoms with van der Waals surface area (Å²) in [4.78, 5) is 13.8. The minimum absolute atomic E-state index is 0.0958. The van der Waals surface area contributed by atoms with Crippen LogP contribution in [0.1, 0.15) is 26.3 Å². The fraction of sp³-hybridized carbons (Fsp3) is 0.429.